The van der Waals surface area contributed by atoms with Crippen molar-refractivity contribution in [1.82, 2.24) is 10.2 Å². The topological polar surface area (TPSA) is 73.9 Å². The zero-order chi connectivity index (χ0) is 25.7. The third kappa shape index (κ3) is 6.72. The minimum atomic E-state index is -0.710. The van der Waals surface area contributed by atoms with E-state index in [1.54, 1.807) is 11.0 Å². The molecule has 1 fully saturated rings. The third-order valence-corrected chi connectivity index (χ3v) is 6.33. The summed E-state index contributed by atoms with van der Waals surface area (Å²) < 4.78 is 20.0. The molecule has 36 heavy (non-hydrogen) atoms. The highest BCUT2D eigenvalue weighted by Crippen LogP contribution is 2.33. The molecular weight excluding hydrogens is 530 g/mol. The maximum Gasteiger partial charge on any atom is 0.319 e. The van der Waals surface area contributed by atoms with Crippen LogP contribution in [0.2, 0.25) is 15.1 Å². The number of nitrogens with one attached hydrogen (secondary N) is 2. The van der Waals surface area contributed by atoms with Gasteiger partial charge in [0.25, 0.3) is 0 Å². The highest BCUT2D eigenvalue weighted by molar-refractivity contribution is 6.34. The van der Waals surface area contributed by atoms with E-state index in [1.165, 1.54) is 24.3 Å². The van der Waals surface area contributed by atoms with Crippen molar-refractivity contribution in [3.63, 3.8) is 0 Å². The molecule has 1 heterocycles. The van der Waals surface area contributed by atoms with E-state index in [0.29, 0.717) is 36.2 Å². The zero-order valence-electron chi connectivity index (χ0n) is 18.9. The Labute approximate surface area is 222 Å². The average molecular weight is 552 g/mol. The molecule has 11 heteroatoms. The van der Waals surface area contributed by atoms with E-state index in [0.717, 1.165) is 11.8 Å². The maximum absolute atomic E-state index is 14.5. The highest BCUT2D eigenvalue weighted by atomic mass is 35.5. The van der Waals surface area contributed by atoms with E-state index in [1.807, 2.05) is 24.3 Å². The third-order valence-electron chi connectivity index (χ3n) is 5.53. The summed E-state index contributed by atoms with van der Waals surface area (Å²) in [6.45, 7) is 2.24. The molecule has 1 aliphatic heterocycles. The molecule has 3 aromatic rings. The van der Waals surface area contributed by atoms with Gasteiger partial charge in [0.05, 0.1) is 11.6 Å². The molecule has 0 saturated carbocycles. The number of urea groups is 1. The smallest absolute Gasteiger partial charge is 0.319 e. The second-order valence-electron chi connectivity index (χ2n) is 7.97. The number of ether oxygens (including phenoxy) is 1. The first kappa shape index (κ1) is 25.9. The molecule has 1 saturated heterocycles. The van der Waals surface area contributed by atoms with Crippen molar-refractivity contribution in [2.75, 3.05) is 42.9 Å². The number of nitrogens with zero attached hydrogens (tertiary/aromatic N) is 2. The van der Waals surface area contributed by atoms with Crippen molar-refractivity contribution in [3.05, 3.63) is 81.5 Å². The Morgan fingerprint density at radius 3 is 2.25 bits per heavy atom. The molecule has 0 spiro atoms. The molecule has 0 unspecified atom stereocenters. The molecule has 3 aromatic carbocycles. The fourth-order valence-electron chi connectivity index (χ4n) is 3.64. The van der Waals surface area contributed by atoms with Crippen molar-refractivity contribution in [3.8, 4) is 11.5 Å². The second kappa shape index (κ2) is 11.7. The van der Waals surface area contributed by atoms with Gasteiger partial charge < -0.3 is 25.2 Å². The number of anilines is 2. The van der Waals surface area contributed by atoms with Crippen LogP contribution < -0.4 is 20.3 Å². The number of hydrogen-bond donors (Lipinski definition) is 2. The van der Waals surface area contributed by atoms with Gasteiger partial charge in [-0.2, -0.15) is 0 Å². The van der Waals surface area contributed by atoms with Gasteiger partial charge >= 0.3 is 6.03 Å². The molecule has 1 aliphatic rings. The number of amides is 3. The number of benzene rings is 3. The molecule has 3 amide bonds. The SMILES string of the molecule is O=C(NCC(=O)N1CCN(c2ccc(Cl)cc2)CC1)Nc1ccc(Oc2cc(Cl)ccc2Cl)c(F)c1. The maximum atomic E-state index is 14.5. The van der Waals surface area contributed by atoms with Crippen LogP contribution in [-0.2, 0) is 4.79 Å². The Balaban J connectivity index is 1.24. The Kier molecular flexibility index (Phi) is 8.40. The van der Waals surface area contributed by atoms with Crippen LogP contribution in [0.25, 0.3) is 0 Å². The van der Waals surface area contributed by atoms with Crippen molar-refractivity contribution in [2.45, 2.75) is 0 Å². The lowest BCUT2D eigenvalue weighted by Gasteiger charge is -2.36. The summed E-state index contributed by atoms with van der Waals surface area (Å²) in [5.41, 5.74) is 1.24. The van der Waals surface area contributed by atoms with Crippen LogP contribution in [0.15, 0.2) is 60.7 Å². The van der Waals surface area contributed by atoms with Gasteiger partial charge in [-0.15, -0.1) is 0 Å². The zero-order valence-corrected chi connectivity index (χ0v) is 21.2. The lowest BCUT2D eigenvalue weighted by atomic mass is 10.2. The predicted molar refractivity (Wildman–Crippen MR) is 140 cm³/mol. The second-order valence-corrected chi connectivity index (χ2v) is 9.25. The van der Waals surface area contributed by atoms with E-state index in [9.17, 15) is 14.0 Å². The fourth-order valence-corrected chi connectivity index (χ4v) is 4.09. The summed E-state index contributed by atoms with van der Waals surface area (Å²) in [5.74, 6) is -0.792. The summed E-state index contributed by atoms with van der Waals surface area (Å²) in [7, 11) is 0. The number of carbonyl (C=O) groups is 2. The molecule has 0 aliphatic carbocycles. The Morgan fingerprint density at radius 1 is 0.861 bits per heavy atom. The number of hydrogen-bond acceptors (Lipinski definition) is 4. The molecule has 0 radical (unpaired) electrons. The Morgan fingerprint density at radius 2 is 1.56 bits per heavy atom. The predicted octanol–water partition coefficient (Wildman–Crippen LogP) is 6.05. The quantitative estimate of drug-likeness (QED) is 0.391. The molecule has 2 N–H and O–H groups in total. The van der Waals surface area contributed by atoms with E-state index >= 15 is 0 Å². The monoisotopic (exact) mass is 550 g/mol. The van der Waals surface area contributed by atoms with Crippen LogP contribution in [0, 0.1) is 5.82 Å². The Bertz CT molecular complexity index is 1250. The summed E-state index contributed by atoms with van der Waals surface area (Å²) in [4.78, 5) is 28.6. The van der Waals surface area contributed by atoms with E-state index < -0.39 is 11.8 Å². The van der Waals surface area contributed by atoms with Crippen molar-refractivity contribution < 1.29 is 18.7 Å². The largest absolute Gasteiger partial charge is 0.453 e. The van der Waals surface area contributed by atoms with Gasteiger partial charge in [0.15, 0.2) is 11.6 Å². The summed E-state index contributed by atoms with van der Waals surface area (Å²) in [5, 5.41) is 6.35. The standard InChI is InChI=1S/C25H22Cl3FN4O3/c26-16-1-5-19(6-2-16)32-9-11-33(12-10-32)24(34)15-30-25(35)31-18-4-8-22(21(29)14-18)36-23-13-17(27)3-7-20(23)28/h1-8,13-14H,9-12,15H2,(H2,30,31,35). The number of piperazine rings is 1. The Hall–Kier alpha value is -3.20. The first-order valence-corrected chi connectivity index (χ1v) is 12.2. The molecular formula is C25H22Cl3FN4O3. The van der Waals surface area contributed by atoms with Crippen LogP contribution >= 0.6 is 34.8 Å². The van der Waals surface area contributed by atoms with Crippen molar-refractivity contribution in [2.24, 2.45) is 0 Å². The van der Waals surface area contributed by atoms with Gasteiger partial charge in [-0.1, -0.05) is 34.8 Å². The highest BCUT2D eigenvalue weighted by Gasteiger charge is 2.21. The van der Waals surface area contributed by atoms with E-state index in [4.69, 9.17) is 39.5 Å². The first-order valence-electron chi connectivity index (χ1n) is 11.0. The molecule has 0 aromatic heterocycles. The van der Waals surface area contributed by atoms with Gasteiger partial charge in [0.1, 0.15) is 5.75 Å². The molecule has 0 atom stereocenters. The van der Waals surface area contributed by atoms with Crippen LogP contribution in [-0.4, -0.2) is 49.6 Å². The molecule has 7 nitrogen and oxygen atoms in total. The molecule has 188 valence electrons. The summed E-state index contributed by atoms with van der Waals surface area (Å²) >= 11 is 17.9. The number of carbonyl (C=O) groups excluding carboxylic acids is 2. The fraction of sp³-hybridized carbons (Fsp3) is 0.200. The lowest BCUT2D eigenvalue weighted by molar-refractivity contribution is -0.130. The summed E-state index contributed by atoms with van der Waals surface area (Å²) in [6, 6.07) is 15.4. The van der Waals surface area contributed by atoms with Gasteiger partial charge in [-0.05, 0) is 48.5 Å². The van der Waals surface area contributed by atoms with Crippen molar-refractivity contribution in [1.29, 1.82) is 0 Å². The van der Waals surface area contributed by atoms with E-state index in [2.05, 4.69) is 15.5 Å². The van der Waals surface area contributed by atoms with Crippen LogP contribution in [0.5, 0.6) is 11.5 Å². The van der Waals surface area contributed by atoms with Gasteiger partial charge in [0.2, 0.25) is 5.91 Å². The van der Waals surface area contributed by atoms with Gasteiger partial charge in [0, 0.05) is 59.7 Å². The minimum absolute atomic E-state index is 0.0851. The number of rotatable bonds is 6. The summed E-state index contributed by atoms with van der Waals surface area (Å²) in [6.07, 6.45) is 0. The van der Waals surface area contributed by atoms with Crippen LogP contribution in [0.1, 0.15) is 0 Å². The normalized spacial score (nSPS) is 13.3. The average Bonchev–Trinajstić information content (AvgIpc) is 2.87. The van der Waals surface area contributed by atoms with Crippen LogP contribution in [0.4, 0.5) is 20.6 Å². The molecule has 4 rings (SSSR count). The van der Waals surface area contributed by atoms with Gasteiger partial charge in [-0.25, -0.2) is 9.18 Å². The minimum Gasteiger partial charge on any atom is -0.453 e. The molecule has 0 bridgehead atoms. The van der Waals surface area contributed by atoms with Crippen molar-refractivity contribution >= 4 is 58.1 Å². The van der Waals surface area contributed by atoms with Crippen LogP contribution in [0.3, 0.4) is 0 Å². The van der Waals surface area contributed by atoms with E-state index in [-0.39, 0.29) is 34.7 Å². The number of halogens is 4. The van der Waals surface area contributed by atoms with Gasteiger partial charge in [-0.3, -0.25) is 4.79 Å². The lowest BCUT2D eigenvalue weighted by Crippen LogP contribution is -2.51. The first-order chi connectivity index (χ1) is 17.3.